The summed E-state index contributed by atoms with van der Waals surface area (Å²) in [6, 6.07) is 18.2. The number of nitrogens with zero attached hydrogens (tertiary/aromatic N) is 1. The van der Waals surface area contributed by atoms with E-state index in [1.165, 1.54) is 0 Å². The van der Waals surface area contributed by atoms with E-state index in [2.05, 4.69) is 29.5 Å². The standard InChI is InChI=1S/C23H23N3O2/c1-16(2)20-10-3-4-11-21(20)26-23(28)19-9-5-8-18(13-19)22(27)25-15-17-7-6-12-24-14-17/h3-14,16H,15H2,1-2H3,(H,25,27)(H,26,28). The second kappa shape index (κ2) is 8.95. The highest BCUT2D eigenvalue weighted by Gasteiger charge is 2.13. The Morgan fingerprint density at radius 1 is 0.929 bits per heavy atom. The average molecular weight is 373 g/mol. The normalized spacial score (nSPS) is 10.5. The van der Waals surface area contributed by atoms with E-state index in [-0.39, 0.29) is 11.8 Å². The van der Waals surface area contributed by atoms with E-state index >= 15 is 0 Å². The van der Waals surface area contributed by atoms with Crippen LogP contribution in [-0.4, -0.2) is 16.8 Å². The van der Waals surface area contributed by atoms with Crippen LogP contribution >= 0.6 is 0 Å². The average Bonchev–Trinajstić information content (AvgIpc) is 2.73. The number of pyridine rings is 1. The third-order valence-electron chi connectivity index (χ3n) is 4.39. The van der Waals surface area contributed by atoms with E-state index in [9.17, 15) is 9.59 Å². The van der Waals surface area contributed by atoms with Gasteiger partial charge in [-0.25, -0.2) is 0 Å². The van der Waals surface area contributed by atoms with Crippen molar-refractivity contribution in [3.05, 3.63) is 95.3 Å². The van der Waals surface area contributed by atoms with Crippen molar-refractivity contribution in [1.29, 1.82) is 0 Å². The van der Waals surface area contributed by atoms with Crippen LogP contribution in [-0.2, 0) is 6.54 Å². The van der Waals surface area contributed by atoms with Gasteiger partial charge < -0.3 is 10.6 Å². The number of nitrogens with one attached hydrogen (secondary N) is 2. The van der Waals surface area contributed by atoms with E-state index in [0.717, 1.165) is 16.8 Å². The summed E-state index contributed by atoms with van der Waals surface area (Å²) < 4.78 is 0. The van der Waals surface area contributed by atoms with Crippen molar-refractivity contribution >= 4 is 17.5 Å². The van der Waals surface area contributed by atoms with Crippen LogP contribution in [0.5, 0.6) is 0 Å². The second-order valence-electron chi connectivity index (χ2n) is 6.82. The fraction of sp³-hybridized carbons (Fsp3) is 0.174. The summed E-state index contributed by atoms with van der Waals surface area (Å²) in [4.78, 5) is 29.2. The largest absolute Gasteiger partial charge is 0.348 e. The molecule has 5 nitrogen and oxygen atoms in total. The van der Waals surface area contributed by atoms with Gasteiger partial charge in [-0.3, -0.25) is 14.6 Å². The highest BCUT2D eigenvalue weighted by molar-refractivity contribution is 6.06. The van der Waals surface area contributed by atoms with Crippen LogP contribution in [0.15, 0.2) is 73.1 Å². The lowest BCUT2D eigenvalue weighted by atomic mass is 10.0. The number of carbonyl (C=O) groups is 2. The van der Waals surface area contributed by atoms with Crippen molar-refractivity contribution in [3.63, 3.8) is 0 Å². The zero-order chi connectivity index (χ0) is 19.9. The van der Waals surface area contributed by atoms with Crippen LogP contribution in [0.4, 0.5) is 5.69 Å². The summed E-state index contributed by atoms with van der Waals surface area (Å²) >= 11 is 0. The third-order valence-corrected chi connectivity index (χ3v) is 4.39. The number of para-hydroxylation sites is 1. The fourth-order valence-electron chi connectivity index (χ4n) is 2.90. The Morgan fingerprint density at radius 2 is 1.68 bits per heavy atom. The van der Waals surface area contributed by atoms with Gasteiger partial charge in [-0.05, 0) is 47.4 Å². The Labute approximate surface area is 164 Å². The molecule has 0 atom stereocenters. The van der Waals surface area contributed by atoms with Crippen LogP contribution in [0, 0.1) is 0 Å². The minimum atomic E-state index is -0.241. The van der Waals surface area contributed by atoms with Gasteiger partial charge >= 0.3 is 0 Å². The second-order valence-corrected chi connectivity index (χ2v) is 6.82. The minimum Gasteiger partial charge on any atom is -0.348 e. The Morgan fingerprint density at radius 3 is 2.39 bits per heavy atom. The molecule has 0 bridgehead atoms. The van der Waals surface area contributed by atoms with E-state index in [1.54, 1.807) is 36.7 Å². The summed E-state index contributed by atoms with van der Waals surface area (Å²) in [6.07, 6.45) is 3.39. The molecule has 0 fully saturated rings. The lowest BCUT2D eigenvalue weighted by Gasteiger charge is -2.14. The topological polar surface area (TPSA) is 71.1 Å². The monoisotopic (exact) mass is 373 g/mol. The predicted octanol–water partition coefficient (Wildman–Crippen LogP) is 4.39. The van der Waals surface area contributed by atoms with Crippen molar-refractivity contribution in [2.45, 2.75) is 26.3 Å². The molecule has 2 amide bonds. The number of benzene rings is 2. The van der Waals surface area contributed by atoms with Gasteiger partial charge in [-0.1, -0.05) is 44.2 Å². The molecular formula is C23H23N3O2. The molecular weight excluding hydrogens is 350 g/mol. The molecule has 5 heteroatoms. The smallest absolute Gasteiger partial charge is 0.255 e. The molecule has 142 valence electrons. The fourth-order valence-corrected chi connectivity index (χ4v) is 2.90. The highest BCUT2D eigenvalue weighted by atomic mass is 16.2. The van der Waals surface area contributed by atoms with Crippen LogP contribution < -0.4 is 10.6 Å². The molecule has 0 aliphatic heterocycles. The summed E-state index contributed by atoms with van der Waals surface area (Å²) in [5.41, 5.74) is 3.64. The van der Waals surface area contributed by atoms with Crippen LogP contribution in [0.1, 0.15) is 51.6 Å². The Balaban J connectivity index is 1.70. The van der Waals surface area contributed by atoms with Gasteiger partial charge in [0, 0.05) is 35.8 Å². The van der Waals surface area contributed by atoms with Gasteiger partial charge in [0.25, 0.3) is 11.8 Å². The van der Waals surface area contributed by atoms with E-state index in [4.69, 9.17) is 0 Å². The van der Waals surface area contributed by atoms with E-state index in [1.807, 2.05) is 36.4 Å². The van der Waals surface area contributed by atoms with Crippen molar-refractivity contribution in [2.75, 3.05) is 5.32 Å². The number of rotatable bonds is 6. The molecule has 1 heterocycles. The van der Waals surface area contributed by atoms with Crippen molar-refractivity contribution in [3.8, 4) is 0 Å². The van der Waals surface area contributed by atoms with Crippen molar-refractivity contribution in [1.82, 2.24) is 10.3 Å². The van der Waals surface area contributed by atoms with Crippen LogP contribution in [0.2, 0.25) is 0 Å². The van der Waals surface area contributed by atoms with Crippen LogP contribution in [0.3, 0.4) is 0 Å². The molecule has 0 unspecified atom stereocenters. The summed E-state index contributed by atoms with van der Waals surface area (Å²) in [5.74, 6) is -0.183. The molecule has 2 aromatic carbocycles. The maximum atomic E-state index is 12.7. The quantitative estimate of drug-likeness (QED) is 0.673. The van der Waals surface area contributed by atoms with Gasteiger partial charge in [-0.15, -0.1) is 0 Å². The van der Waals surface area contributed by atoms with Crippen LogP contribution in [0.25, 0.3) is 0 Å². The minimum absolute atomic E-state index is 0.235. The molecule has 3 aromatic rings. The lowest BCUT2D eigenvalue weighted by Crippen LogP contribution is -2.23. The van der Waals surface area contributed by atoms with Gasteiger partial charge in [0.2, 0.25) is 0 Å². The summed E-state index contributed by atoms with van der Waals surface area (Å²) in [6.45, 7) is 4.54. The van der Waals surface area contributed by atoms with E-state index in [0.29, 0.717) is 23.6 Å². The Kier molecular flexibility index (Phi) is 6.17. The van der Waals surface area contributed by atoms with Gasteiger partial charge in [0.05, 0.1) is 0 Å². The molecule has 0 spiro atoms. The maximum Gasteiger partial charge on any atom is 0.255 e. The first kappa shape index (κ1) is 19.3. The highest BCUT2D eigenvalue weighted by Crippen LogP contribution is 2.24. The summed E-state index contributed by atoms with van der Waals surface area (Å²) in [5, 5.41) is 5.80. The predicted molar refractivity (Wildman–Crippen MR) is 110 cm³/mol. The van der Waals surface area contributed by atoms with E-state index < -0.39 is 0 Å². The SMILES string of the molecule is CC(C)c1ccccc1NC(=O)c1cccc(C(=O)NCc2cccnc2)c1. The number of carbonyl (C=O) groups excluding carboxylic acids is 2. The number of hydrogen-bond donors (Lipinski definition) is 2. The first-order chi connectivity index (χ1) is 13.5. The Hall–Kier alpha value is -3.47. The first-order valence-corrected chi connectivity index (χ1v) is 9.22. The number of anilines is 1. The molecule has 0 aliphatic rings. The van der Waals surface area contributed by atoms with Gasteiger partial charge in [0.15, 0.2) is 0 Å². The summed E-state index contributed by atoms with van der Waals surface area (Å²) in [7, 11) is 0. The molecule has 3 rings (SSSR count). The molecule has 2 N–H and O–H groups in total. The number of hydrogen-bond acceptors (Lipinski definition) is 3. The zero-order valence-electron chi connectivity index (χ0n) is 16.0. The first-order valence-electron chi connectivity index (χ1n) is 9.22. The van der Waals surface area contributed by atoms with Crippen molar-refractivity contribution in [2.24, 2.45) is 0 Å². The van der Waals surface area contributed by atoms with Crippen molar-refractivity contribution < 1.29 is 9.59 Å². The number of aromatic nitrogens is 1. The molecule has 0 radical (unpaired) electrons. The lowest BCUT2D eigenvalue weighted by molar-refractivity contribution is 0.0951. The molecule has 28 heavy (non-hydrogen) atoms. The zero-order valence-corrected chi connectivity index (χ0v) is 16.0. The maximum absolute atomic E-state index is 12.7. The number of amides is 2. The van der Waals surface area contributed by atoms with Gasteiger partial charge in [-0.2, -0.15) is 0 Å². The van der Waals surface area contributed by atoms with Gasteiger partial charge in [0.1, 0.15) is 0 Å². The molecule has 0 aliphatic carbocycles. The molecule has 1 aromatic heterocycles. The molecule has 0 saturated heterocycles. The third kappa shape index (κ3) is 4.82. The molecule has 0 saturated carbocycles. The Bertz CT molecular complexity index is 968.